The van der Waals surface area contributed by atoms with E-state index in [0.717, 1.165) is 26.4 Å². The minimum absolute atomic E-state index is 0.0250. The zero-order valence-corrected chi connectivity index (χ0v) is 22.4. The van der Waals surface area contributed by atoms with Gasteiger partial charge in [-0.2, -0.15) is 4.68 Å². The molecular weight excluding hydrogens is 514 g/mol. The summed E-state index contributed by atoms with van der Waals surface area (Å²) >= 11 is 0. The van der Waals surface area contributed by atoms with Gasteiger partial charge in [-0.3, -0.25) is 13.9 Å². The first kappa shape index (κ1) is 27.0. The van der Waals surface area contributed by atoms with Gasteiger partial charge in [0.2, 0.25) is 0 Å². The smallest absolute Gasteiger partial charge is 0.350 e. The van der Waals surface area contributed by atoms with Gasteiger partial charge in [0.15, 0.2) is 5.82 Å². The molecule has 3 aromatic carbocycles. The number of ether oxygens (including phenoxy) is 1. The number of benzene rings is 3. The summed E-state index contributed by atoms with van der Waals surface area (Å²) in [5.74, 6) is -1.07. The maximum atomic E-state index is 15.6. The molecular formula is C31H28F2N4O3. The molecule has 5 rings (SSSR count). The van der Waals surface area contributed by atoms with Crippen LogP contribution in [0.25, 0.3) is 27.7 Å². The minimum Gasteiger partial charge on any atom is -0.369 e. The van der Waals surface area contributed by atoms with Crippen molar-refractivity contribution in [2.75, 3.05) is 0 Å². The predicted octanol–water partition coefficient (Wildman–Crippen LogP) is 5.69. The molecule has 7 nitrogen and oxygen atoms in total. The van der Waals surface area contributed by atoms with Crippen LogP contribution in [-0.4, -0.2) is 18.9 Å². The molecule has 204 valence electrons. The molecule has 0 N–H and O–H groups in total. The van der Waals surface area contributed by atoms with Crippen LogP contribution < -0.4 is 11.2 Å². The summed E-state index contributed by atoms with van der Waals surface area (Å²) in [6.45, 7) is 9.99. The summed E-state index contributed by atoms with van der Waals surface area (Å²) < 4.78 is 39.7. The molecule has 0 unspecified atom stereocenters. The molecule has 0 saturated carbocycles. The molecule has 9 heteroatoms. The van der Waals surface area contributed by atoms with Gasteiger partial charge in [-0.1, -0.05) is 43.0 Å². The van der Waals surface area contributed by atoms with E-state index >= 15 is 4.39 Å². The Labute approximate surface area is 229 Å². The molecule has 2 heterocycles. The van der Waals surface area contributed by atoms with Crippen LogP contribution in [0.2, 0.25) is 0 Å². The fraction of sp³-hybridized carbons (Fsp3) is 0.194. The number of hydrogen-bond donors (Lipinski definition) is 0. The highest BCUT2D eigenvalue weighted by Gasteiger charge is 2.21. The van der Waals surface area contributed by atoms with Gasteiger partial charge in [0.1, 0.15) is 23.9 Å². The molecule has 0 amide bonds. The van der Waals surface area contributed by atoms with Crippen molar-refractivity contribution in [1.29, 1.82) is 0 Å². The van der Waals surface area contributed by atoms with Crippen molar-refractivity contribution >= 4 is 16.3 Å². The summed E-state index contributed by atoms with van der Waals surface area (Å²) in [5, 5.41) is 4.78. The molecule has 0 bridgehead atoms. The Kier molecular flexibility index (Phi) is 7.32. The van der Waals surface area contributed by atoms with Gasteiger partial charge < -0.3 is 4.74 Å². The van der Waals surface area contributed by atoms with Gasteiger partial charge in [-0.15, -0.1) is 5.10 Å². The van der Waals surface area contributed by atoms with Crippen LogP contribution in [0.15, 0.2) is 83.0 Å². The lowest BCUT2D eigenvalue weighted by atomic mass is 10.0. The Hall–Kier alpha value is -4.63. The molecule has 40 heavy (non-hydrogen) atoms. The zero-order valence-electron chi connectivity index (χ0n) is 22.4. The molecule has 0 radical (unpaired) electrons. The second-order valence-electron chi connectivity index (χ2n) is 9.64. The number of rotatable bonds is 8. The van der Waals surface area contributed by atoms with E-state index in [1.54, 1.807) is 32.9 Å². The fourth-order valence-electron chi connectivity index (χ4n) is 4.69. The van der Waals surface area contributed by atoms with E-state index in [1.165, 1.54) is 22.9 Å². The first-order chi connectivity index (χ1) is 19.2. The Balaban J connectivity index is 1.62. The number of halogens is 2. The quantitative estimate of drug-likeness (QED) is 0.252. The largest absolute Gasteiger partial charge is 0.369 e. The average Bonchev–Trinajstić information content (AvgIpc) is 3.25. The molecule has 0 aliphatic carbocycles. The van der Waals surface area contributed by atoms with E-state index < -0.39 is 22.9 Å². The maximum Gasteiger partial charge on any atom is 0.350 e. The van der Waals surface area contributed by atoms with Gasteiger partial charge in [-0.25, -0.2) is 13.6 Å². The van der Waals surface area contributed by atoms with Crippen LogP contribution in [0, 0.1) is 18.6 Å². The van der Waals surface area contributed by atoms with Gasteiger partial charge in [-0.05, 0) is 67.1 Å². The van der Waals surface area contributed by atoms with Crippen molar-refractivity contribution in [1.82, 2.24) is 18.9 Å². The third-order valence-electron chi connectivity index (χ3n) is 6.73. The van der Waals surface area contributed by atoms with E-state index in [-0.39, 0.29) is 23.4 Å². The lowest BCUT2D eigenvalue weighted by Crippen LogP contribution is -2.25. The third kappa shape index (κ3) is 4.91. The molecule has 0 atom stereocenters. The molecule has 0 aliphatic rings. The van der Waals surface area contributed by atoms with Crippen LogP contribution >= 0.6 is 0 Å². The lowest BCUT2D eigenvalue weighted by Gasteiger charge is -2.15. The van der Waals surface area contributed by atoms with Crippen LogP contribution in [0.4, 0.5) is 8.78 Å². The van der Waals surface area contributed by atoms with E-state index in [1.807, 2.05) is 30.3 Å². The lowest BCUT2D eigenvalue weighted by molar-refractivity contribution is 0.0989. The highest BCUT2D eigenvalue weighted by atomic mass is 19.1. The minimum atomic E-state index is -0.820. The predicted molar refractivity (Wildman–Crippen MR) is 151 cm³/mol. The highest BCUT2D eigenvalue weighted by molar-refractivity contribution is 5.94. The number of hydrogen-bond acceptors (Lipinski definition) is 4. The normalized spacial score (nSPS) is 11.3. The standard InChI is InChI=1S/C31H28F2N4O3/c1-5-35-29(18-40-17-21-9-7-6-8-10-21)34-37(31(35)39)28-15-22-23(14-26(28)33)30(38)36(16-24(22)19(2)3)27-13-20(4)11-12-25(27)32/h6-16H,2,5,17-18H2,1,3-4H3. The number of fused-ring (bicyclic) bond motifs is 1. The first-order valence-electron chi connectivity index (χ1n) is 12.8. The summed E-state index contributed by atoms with van der Waals surface area (Å²) in [5.41, 5.74) is 1.61. The van der Waals surface area contributed by atoms with Gasteiger partial charge in [0, 0.05) is 18.3 Å². The summed E-state index contributed by atoms with van der Waals surface area (Å²) in [6, 6.07) is 16.5. The third-order valence-corrected chi connectivity index (χ3v) is 6.73. The van der Waals surface area contributed by atoms with E-state index in [9.17, 15) is 14.0 Å². The highest BCUT2D eigenvalue weighted by Crippen LogP contribution is 2.28. The zero-order chi connectivity index (χ0) is 28.6. The number of allylic oxidation sites excluding steroid dienone is 1. The Morgan fingerprint density at radius 2 is 1.70 bits per heavy atom. The molecule has 5 aromatic rings. The average molecular weight is 543 g/mol. The molecule has 0 saturated heterocycles. The summed E-state index contributed by atoms with van der Waals surface area (Å²) in [6.07, 6.45) is 1.49. The maximum absolute atomic E-state index is 15.6. The van der Waals surface area contributed by atoms with Crippen LogP contribution in [0.3, 0.4) is 0 Å². The van der Waals surface area contributed by atoms with Crippen molar-refractivity contribution < 1.29 is 13.5 Å². The van der Waals surface area contributed by atoms with Crippen molar-refractivity contribution in [3.63, 3.8) is 0 Å². The van der Waals surface area contributed by atoms with Crippen molar-refractivity contribution in [3.05, 3.63) is 128 Å². The van der Waals surface area contributed by atoms with Gasteiger partial charge in [0.25, 0.3) is 5.56 Å². The molecule has 2 aromatic heterocycles. The second kappa shape index (κ2) is 10.9. The topological polar surface area (TPSA) is 71.0 Å². The molecule has 0 fully saturated rings. The van der Waals surface area contributed by atoms with E-state index in [4.69, 9.17) is 4.74 Å². The van der Waals surface area contributed by atoms with Crippen molar-refractivity contribution in [3.8, 4) is 11.4 Å². The molecule has 0 spiro atoms. The Bertz CT molecular complexity index is 1870. The Morgan fingerprint density at radius 1 is 0.950 bits per heavy atom. The number of aryl methyl sites for hydroxylation is 1. The van der Waals surface area contributed by atoms with Crippen molar-refractivity contribution in [2.45, 2.75) is 40.5 Å². The summed E-state index contributed by atoms with van der Waals surface area (Å²) in [7, 11) is 0. The number of pyridine rings is 1. The van der Waals surface area contributed by atoms with Crippen molar-refractivity contribution in [2.24, 2.45) is 0 Å². The summed E-state index contributed by atoms with van der Waals surface area (Å²) in [4.78, 5) is 26.7. The molecule has 0 aliphatic heterocycles. The first-order valence-corrected chi connectivity index (χ1v) is 12.8. The van der Waals surface area contributed by atoms with Gasteiger partial charge in [0.05, 0.1) is 17.7 Å². The van der Waals surface area contributed by atoms with E-state index in [0.29, 0.717) is 35.5 Å². The second-order valence-corrected chi connectivity index (χ2v) is 9.64. The van der Waals surface area contributed by atoms with Gasteiger partial charge >= 0.3 is 5.69 Å². The van der Waals surface area contributed by atoms with Crippen LogP contribution in [0.1, 0.15) is 36.4 Å². The van der Waals surface area contributed by atoms with Crippen LogP contribution in [0.5, 0.6) is 0 Å². The SMILES string of the molecule is C=C(C)c1cn(-c2cc(C)ccc2F)c(=O)c2cc(F)c(-n3nc(COCc4ccccc4)n(CC)c3=O)cc12. The monoisotopic (exact) mass is 542 g/mol. The van der Waals surface area contributed by atoms with Crippen LogP contribution in [-0.2, 0) is 24.5 Å². The number of nitrogens with zero attached hydrogens (tertiary/aromatic N) is 4. The number of aromatic nitrogens is 4. The van der Waals surface area contributed by atoms with E-state index in [2.05, 4.69) is 11.7 Å². The fourth-order valence-corrected chi connectivity index (χ4v) is 4.69. The Morgan fingerprint density at radius 3 is 2.40 bits per heavy atom.